The fourth-order valence-corrected chi connectivity index (χ4v) is 1.65. The van der Waals surface area contributed by atoms with E-state index in [0.717, 1.165) is 15.7 Å². The maximum Gasteiger partial charge on any atom is 0.331 e. The van der Waals surface area contributed by atoms with Gasteiger partial charge in [0.15, 0.2) is 0 Å². The average molecular weight is 298 g/mol. The minimum Gasteiger partial charge on any atom is -0.457 e. The lowest BCUT2D eigenvalue weighted by atomic mass is 10.2. The predicted octanol–water partition coefficient (Wildman–Crippen LogP) is 3.51. The molecule has 0 aliphatic rings. The average Bonchev–Trinajstić information content (AvgIpc) is 2.13. The van der Waals surface area contributed by atoms with Crippen LogP contribution in [0.4, 0.5) is 0 Å². The van der Waals surface area contributed by atoms with Gasteiger partial charge in [0.05, 0.1) is 5.69 Å². The van der Waals surface area contributed by atoms with Crippen molar-refractivity contribution >= 4 is 28.0 Å². The molecule has 1 aromatic heterocycles. The molecule has 1 heterocycles. The third-order valence-corrected chi connectivity index (χ3v) is 2.30. The number of carbonyl (C=O) groups excluding carboxylic acids is 1. The molecule has 92 valence electrons. The van der Waals surface area contributed by atoms with Crippen molar-refractivity contribution in [2.45, 2.75) is 33.3 Å². The van der Waals surface area contributed by atoms with Gasteiger partial charge in [-0.15, -0.1) is 0 Å². The van der Waals surface area contributed by atoms with Gasteiger partial charge in [-0.2, -0.15) is 0 Å². The Morgan fingerprint density at radius 1 is 1.47 bits per heavy atom. The fraction of sp³-hybridized carbons (Fsp3) is 0.385. The summed E-state index contributed by atoms with van der Waals surface area (Å²) in [5, 5.41) is 0. The quantitative estimate of drug-likeness (QED) is 0.619. The van der Waals surface area contributed by atoms with Gasteiger partial charge >= 0.3 is 5.97 Å². The topological polar surface area (TPSA) is 39.2 Å². The van der Waals surface area contributed by atoms with Crippen molar-refractivity contribution in [2.75, 3.05) is 0 Å². The first-order valence-electron chi connectivity index (χ1n) is 5.31. The first kappa shape index (κ1) is 13.9. The Morgan fingerprint density at radius 2 is 2.12 bits per heavy atom. The lowest BCUT2D eigenvalue weighted by Crippen LogP contribution is -2.22. The number of rotatable bonds is 2. The van der Waals surface area contributed by atoms with Crippen molar-refractivity contribution in [3.63, 3.8) is 0 Å². The molecule has 0 atom stereocenters. The Kier molecular flexibility index (Phi) is 4.46. The molecule has 0 bridgehead atoms. The number of ether oxygens (including phenoxy) is 1. The Labute approximate surface area is 110 Å². The highest BCUT2D eigenvalue weighted by Crippen LogP contribution is 2.14. The number of hydrogen-bond donors (Lipinski definition) is 0. The molecule has 17 heavy (non-hydrogen) atoms. The van der Waals surface area contributed by atoms with Crippen LogP contribution in [0.15, 0.2) is 22.8 Å². The van der Waals surface area contributed by atoms with E-state index in [1.165, 1.54) is 6.08 Å². The second-order valence-electron chi connectivity index (χ2n) is 4.72. The van der Waals surface area contributed by atoms with E-state index in [9.17, 15) is 4.79 Å². The van der Waals surface area contributed by atoms with Crippen molar-refractivity contribution < 1.29 is 9.53 Å². The second kappa shape index (κ2) is 5.45. The molecular weight excluding hydrogens is 282 g/mol. The normalized spacial score (nSPS) is 11.8. The number of pyridine rings is 1. The summed E-state index contributed by atoms with van der Waals surface area (Å²) in [6.45, 7) is 7.44. The molecule has 0 fully saturated rings. The molecule has 0 saturated carbocycles. The van der Waals surface area contributed by atoms with E-state index in [1.807, 2.05) is 33.8 Å². The van der Waals surface area contributed by atoms with E-state index in [1.54, 1.807) is 12.3 Å². The fourth-order valence-electron chi connectivity index (χ4n) is 1.21. The smallest absolute Gasteiger partial charge is 0.331 e. The Morgan fingerprint density at radius 3 is 2.65 bits per heavy atom. The van der Waals surface area contributed by atoms with E-state index in [4.69, 9.17) is 4.74 Å². The molecular formula is C13H16BrNO2. The minimum atomic E-state index is -0.469. The van der Waals surface area contributed by atoms with Crippen LogP contribution in [0.5, 0.6) is 0 Å². The molecule has 0 N–H and O–H groups in total. The van der Waals surface area contributed by atoms with E-state index in [0.29, 0.717) is 0 Å². The Bertz CT molecular complexity index is 447. The van der Waals surface area contributed by atoms with Crippen LogP contribution in [0.25, 0.3) is 6.08 Å². The van der Waals surface area contributed by atoms with Gasteiger partial charge in [0.25, 0.3) is 0 Å². The first-order valence-corrected chi connectivity index (χ1v) is 6.10. The Balaban J connectivity index is 2.74. The summed E-state index contributed by atoms with van der Waals surface area (Å²) in [5.74, 6) is -0.360. The van der Waals surface area contributed by atoms with Gasteiger partial charge in [-0.25, -0.2) is 4.79 Å². The lowest BCUT2D eigenvalue weighted by Gasteiger charge is -2.17. The zero-order valence-corrected chi connectivity index (χ0v) is 12.0. The standard InChI is InChI=1S/C13H16BrNO2/c1-9-7-10(14)8-15-11(9)5-6-12(16)17-13(2,3)4/h5-8H,1-4H3. The van der Waals surface area contributed by atoms with Gasteiger partial charge in [-0.1, -0.05) is 0 Å². The molecule has 0 amide bonds. The largest absolute Gasteiger partial charge is 0.457 e. The van der Waals surface area contributed by atoms with Crippen LogP contribution in [0, 0.1) is 6.92 Å². The predicted molar refractivity (Wildman–Crippen MR) is 71.6 cm³/mol. The summed E-state index contributed by atoms with van der Waals surface area (Å²) in [5.41, 5.74) is 1.29. The van der Waals surface area contributed by atoms with Gasteiger partial charge in [0, 0.05) is 16.7 Å². The van der Waals surface area contributed by atoms with Crippen LogP contribution in [0.1, 0.15) is 32.0 Å². The van der Waals surface area contributed by atoms with E-state index >= 15 is 0 Å². The number of aryl methyl sites for hydroxylation is 1. The summed E-state index contributed by atoms with van der Waals surface area (Å²) in [6.07, 6.45) is 4.76. The molecule has 0 aliphatic heterocycles. The number of halogens is 1. The summed E-state index contributed by atoms with van der Waals surface area (Å²) in [7, 11) is 0. The SMILES string of the molecule is Cc1cc(Br)cnc1C=CC(=O)OC(C)(C)C. The van der Waals surface area contributed by atoms with Crippen molar-refractivity contribution in [2.24, 2.45) is 0 Å². The van der Waals surface area contributed by atoms with Crippen molar-refractivity contribution in [3.8, 4) is 0 Å². The monoisotopic (exact) mass is 297 g/mol. The van der Waals surface area contributed by atoms with Gasteiger partial charge in [0.2, 0.25) is 0 Å². The highest BCUT2D eigenvalue weighted by atomic mass is 79.9. The van der Waals surface area contributed by atoms with Crippen LogP contribution in [-0.2, 0) is 9.53 Å². The number of nitrogens with zero attached hydrogens (tertiary/aromatic N) is 1. The molecule has 0 aliphatic carbocycles. The minimum absolute atomic E-state index is 0.360. The lowest BCUT2D eigenvalue weighted by molar-refractivity contribution is -0.148. The van der Waals surface area contributed by atoms with E-state index in [2.05, 4.69) is 20.9 Å². The van der Waals surface area contributed by atoms with Crippen LogP contribution in [0.2, 0.25) is 0 Å². The molecule has 0 unspecified atom stereocenters. The molecule has 1 aromatic rings. The van der Waals surface area contributed by atoms with Gasteiger partial charge in [0.1, 0.15) is 5.60 Å². The van der Waals surface area contributed by atoms with Crippen LogP contribution in [0.3, 0.4) is 0 Å². The van der Waals surface area contributed by atoms with Gasteiger partial charge < -0.3 is 4.74 Å². The highest BCUT2D eigenvalue weighted by molar-refractivity contribution is 9.10. The first-order chi connectivity index (χ1) is 7.78. The van der Waals surface area contributed by atoms with Crippen LogP contribution in [-0.4, -0.2) is 16.6 Å². The zero-order chi connectivity index (χ0) is 13.1. The summed E-state index contributed by atoms with van der Waals surface area (Å²) >= 11 is 3.34. The number of esters is 1. The van der Waals surface area contributed by atoms with Crippen molar-refractivity contribution in [3.05, 3.63) is 34.1 Å². The molecule has 3 nitrogen and oxygen atoms in total. The number of aromatic nitrogens is 1. The maximum atomic E-state index is 11.5. The maximum absolute atomic E-state index is 11.5. The number of carbonyl (C=O) groups is 1. The number of hydrogen-bond acceptors (Lipinski definition) is 3. The summed E-state index contributed by atoms with van der Waals surface area (Å²) in [6, 6.07) is 1.95. The zero-order valence-electron chi connectivity index (χ0n) is 10.5. The third-order valence-electron chi connectivity index (χ3n) is 1.87. The van der Waals surface area contributed by atoms with Crippen LogP contribution < -0.4 is 0 Å². The molecule has 1 rings (SSSR count). The van der Waals surface area contributed by atoms with Crippen molar-refractivity contribution in [1.29, 1.82) is 0 Å². The van der Waals surface area contributed by atoms with Gasteiger partial charge in [-0.3, -0.25) is 4.98 Å². The molecule has 0 radical (unpaired) electrons. The van der Waals surface area contributed by atoms with Gasteiger partial charge in [-0.05, 0) is 61.3 Å². The molecule has 0 aromatic carbocycles. The second-order valence-corrected chi connectivity index (χ2v) is 5.64. The Hall–Kier alpha value is -1.16. The van der Waals surface area contributed by atoms with E-state index < -0.39 is 5.60 Å². The van der Waals surface area contributed by atoms with Crippen LogP contribution >= 0.6 is 15.9 Å². The molecule has 0 saturated heterocycles. The molecule has 4 heteroatoms. The van der Waals surface area contributed by atoms with E-state index in [-0.39, 0.29) is 5.97 Å². The highest BCUT2D eigenvalue weighted by Gasteiger charge is 2.13. The summed E-state index contributed by atoms with van der Waals surface area (Å²) in [4.78, 5) is 15.7. The molecule has 0 spiro atoms. The third kappa shape index (κ3) is 5.13. The summed E-state index contributed by atoms with van der Waals surface area (Å²) < 4.78 is 6.08. The van der Waals surface area contributed by atoms with Crippen molar-refractivity contribution in [1.82, 2.24) is 4.98 Å².